The molecule has 21 heavy (non-hydrogen) atoms. The van der Waals surface area contributed by atoms with Crippen LogP contribution in [-0.4, -0.2) is 34.1 Å². The van der Waals surface area contributed by atoms with E-state index in [1.807, 2.05) is 20.8 Å². The number of carbonyl (C=O) groups is 1. The van der Waals surface area contributed by atoms with Gasteiger partial charge < -0.3 is 21.0 Å². The van der Waals surface area contributed by atoms with Gasteiger partial charge in [-0.2, -0.15) is 0 Å². The van der Waals surface area contributed by atoms with Gasteiger partial charge in [-0.05, 0) is 26.8 Å². The van der Waals surface area contributed by atoms with E-state index in [0.717, 1.165) is 0 Å². The molecule has 0 aliphatic rings. The maximum atomic E-state index is 11.5. The molecule has 0 atom stereocenters. The van der Waals surface area contributed by atoms with Crippen molar-refractivity contribution in [1.82, 2.24) is 4.98 Å². The molecule has 0 amide bonds. The van der Waals surface area contributed by atoms with Crippen molar-refractivity contribution >= 4 is 29.2 Å². The van der Waals surface area contributed by atoms with E-state index < -0.39 is 5.60 Å². The Labute approximate surface area is 128 Å². The molecule has 116 valence electrons. The van der Waals surface area contributed by atoms with E-state index in [0.29, 0.717) is 22.9 Å². The van der Waals surface area contributed by atoms with Crippen LogP contribution in [0.5, 0.6) is 0 Å². The number of anilines is 1. The van der Waals surface area contributed by atoms with E-state index in [1.54, 1.807) is 0 Å². The second-order valence-electron chi connectivity index (χ2n) is 5.30. The van der Waals surface area contributed by atoms with Crippen molar-refractivity contribution < 1.29 is 14.7 Å². The summed E-state index contributed by atoms with van der Waals surface area (Å²) in [7, 11) is 0. The number of hydrogen-bond acceptors (Lipinski definition) is 6. The van der Waals surface area contributed by atoms with Crippen molar-refractivity contribution in [3.05, 3.63) is 22.8 Å². The SMILES string of the molecule is CC(C)(C)OC(=O)CCNc1ncc(/C(N)=N/O)cc1Cl. The zero-order valence-corrected chi connectivity index (χ0v) is 12.9. The highest BCUT2D eigenvalue weighted by Crippen LogP contribution is 2.20. The minimum Gasteiger partial charge on any atom is -0.460 e. The fourth-order valence-electron chi connectivity index (χ4n) is 1.44. The number of nitrogens with zero attached hydrogens (tertiary/aromatic N) is 2. The number of esters is 1. The normalized spacial score (nSPS) is 12.1. The first-order chi connectivity index (χ1) is 9.73. The van der Waals surface area contributed by atoms with Crippen LogP contribution in [0.15, 0.2) is 17.4 Å². The molecule has 4 N–H and O–H groups in total. The number of nitrogens with one attached hydrogen (secondary N) is 1. The minimum atomic E-state index is -0.504. The highest BCUT2D eigenvalue weighted by molar-refractivity contribution is 6.33. The number of nitrogens with two attached hydrogens (primary N) is 1. The molecule has 0 bridgehead atoms. The molecule has 7 nitrogen and oxygen atoms in total. The van der Waals surface area contributed by atoms with Crippen LogP contribution in [-0.2, 0) is 9.53 Å². The van der Waals surface area contributed by atoms with Gasteiger partial charge in [0.2, 0.25) is 0 Å². The molecule has 8 heteroatoms. The van der Waals surface area contributed by atoms with E-state index in [-0.39, 0.29) is 18.2 Å². The molecule has 1 rings (SSSR count). The Bertz CT molecular complexity index is 541. The fraction of sp³-hybridized carbons (Fsp3) is 0.462. The second-order valence-corrected chi connectivity index (χ2v) is 5.71. The molecule has 0 saturated heterocycles. The number of amidine groups is 1. The summed E-state index contributed by atoms with van der Waals surface area (Å²) in [5.41, 5.74) is 5.33. The number of aromatic nitrogens is 1. The van der Waals surface area contributed by atoms with Gasteiger partial charge in [0.25, 0.3) is 0 Å². The molecule has 1 aromatic heterocycles. The Kier molecular flexibility index (Phi) is 5.78. The van der Waals surface area contributed by atoms with Crippen molar-refractivity contribution in [2.75, 3.05) is 11.9 Å². The first-order valence-corrected chi connectivity index (χ1v) is 6.70. The van der Waals surface area contributed by atoms with Crippen LogP contribution in [0.4, 0.5) is 5.82 Å². The second kappa shape index (κ2) is 7.12. The van der Waals surface area contributed by atoms with Crippen molar-refractivity contribution in [2.45, 2.75) is 32.8 Å². The van der Waals surface area contributed by atoms with E-state index >= 15 is 0 Å². The third-order valence-electron chi connectivity index (χ3n) is 2.29. The lowest BCUT2D eigenvalue weighted by Gasteiger charge is -2.19. The minimum absolute atomic E-state index is 0.0790. The summed E-state index contributed by atoms with van der Waals surface area (Å²) in [6.45, 7) is 5.76. The average Bonchev–Trinajstić information content (AvgIpc) is 2.37. The highest BCUT2D eigenvalue weighted by atomic mass is 35.5. The molecule has 0 aliphatic heterocycles. The number of halogens is 1. The Morgan fingerprint density at radius 3 is 2.76 bits per heavy atom. The van der Waals surface area contributed by atoms with Crippen LogP contribution in [0.2, 0.25) is 5.02 Å². The Morgan fingerprint density at radius 1 is 1.57 bits per heavy atom. The Hall–Kier alpha value is -2.02. The summed E-state index contributed by atoms with van der Waals surface area (Å²) in [5, 5.41) is 14.7. The van der Waals surface area contributed by atoms with E-state index in [9.17, 15) is 4.79 Å². The molecular weight excluding hydrogens is 296 g/mol. The van der Waals surface area contributed by atoms with Gasteiger partial charge in [0.05, 0.1) is 11.4 Å². The lowest BCUT2D eigenvalue weighted by atomic mass is 10.2. The summed E-state index contributed by atoms with van der Waals surface area (Å²) < 4.78 is 5.18. The van der Waals surface area contributed by atoms with Gasteiger partial charge >= 0.3 is 5.97 Å². The van der Waals surface area contributed by atoms with Crippen molar-refractivity contribution in [1.29, 1.82) is 0 Å². The summed E-state index contributed by atoms with van der Waals surface area (Å²) in [5.74, 6) is 0.0267. The van der Waals surface area contributed by atoms with Gasteiger partial charge in [0.15, 0.2) is 5.84 Å². The molecule has 0 aliphatic carbocycles. The monoisotopic (exact) mass is 314 g/mol. The van der Waals surface area contributed by atoms with Crippen LogP contribution in [0.1, 0.15) is 32.8 Å². The van der Waals surface area contributed by atoms with E-state index in [1.165, 1.54) is 12.3 Å². The number of oxime groups is 1. The first-order valence-electron chi connectivity index (χ1n) is 6.32. The van der Waals surface area contributed by atoms with Crippen LogP contribution >= 0.6 is 11.6 Å². The molecule has 0 spiro atoms. The molecular formula is C13H19ClN4O3. The predicted octanol–water partition coefficient (Wildman–Crippen LogP) is 1.97. The summed E-state index contributed by atoms with van der Waals surface area (Å²) >= 11 is 6.02. The van der Waals surface area contributed by atoms with Gasteiger partial charge in [-0.1, -0.05) is 16.8 Å². The molecule has 0 saturated carbocycles. The number of carbonyl (C=O) groups excluding carboxylic acids is 1. The maximum absolute atomic E-state index is 11.5. The van der Waals surface area contributed by atoms with Gasteiger partial charge in [-0.15, -0.1) is 0 Å². The highest BCUT2D eigenvalue weighted by Gasteiger charge is 2.16. The molecule has 0 fully saturated rings. The first kappa shape index (κ1) is 17.0. The zero-order valence-electron chi connectivity index (χ0n) is 12.2. The lowest BCUT2D eigenvalue weighted by Crippen LogP contribution is -2.25. The Morgan fingerprint density at radius 2 is 2.24 bits per heavy atom. The summed E-state index contributed by atoms with van der Waals surface area (Å²) in [6.07, 6.45) is 1.61. The van der Waals surface area contributed by atoms with Crippen LogP contribution in [0, 0.1) is 0 Å². The molecule has 0 unspecified atom stereocenters. The van der Waals surface area contributed by atoms with Gasteiger partial charge in [-0.3, -0.25) is 4.79 Å². The summed E-state index contributed by atoms with van der Waals surface area (Å²) in [6, 6.07) is 1.51. The lowest BCUT2D eigenvalue weighted by molar-refractivity contribution is -0.154. The third kappa shape index (κ3) is 5.86. The maximum Gasteiger partial charge on any atom is 0.308 e. The van der Waals surface area contributed by atoms with Crippen LogP contribution < -0.4 is 11.1 Å². The fourth-order valence-corrected chi connectivity index (χ4v) is 1.67. The van der Waals surface area contributed by atoms with Crippen LogP contribution in [0.25, 0.3) is 0 Å². The zero-order chi connectivity index (χ0) is 16.0. The number of rotatable bonds is 5. The average molecular weight is 315 g/mol. The number of ether oxygens (including phenoxy) is 1. The van der Waals surface area contributed by atoms with Crippen LogP contribution in [0.3, 0.4) is 0 Å². The Balaban J connectivity index is 2.55. The third-order valence-corrected chi connectivity index (χ3v) is 2.57. The number of hydrogen-bond donors (Lipinski definition) is 3. The van der Waals surface area contributed by atoms with Crippen molar-refractivity contribution in [3.8, 4) is 0 Å². The van der Waals surface area contributed by atoms with Gasteiger partial charge in [0, 0.05) is 18.3 Å². The number of pyridine rings is 1. The van der Waals surface area contributed by atoms with E-state index in [2.05, 4.69) is 15.5 Å². The summed E-state index contributed by atoms with van der Waals surface area (Å²) in [4.78, 5) is 15.6. The topological polar surface area (TPSA) is 110 Å². The molecule has 0 aromatic carbocycles. The van der Waals surface area contributed by atoms with Gasteiger partial charge in [0.1, 0.15) is 11.4 Å². The largest absolute Gasteiger partial charge is 0.460 e. The van der Waals surface area contributed by atoms with Crippen molar-refractivity contribution in [2.24, 2.45) is 10.9 Å². The standard InChI is InChI=1S/C13H19ClN4O3/c1-13(2,3)21-10(19)4-5-16-12-9(14)6-8(7-17-12)11(15)18-20/h6-7,20H,4-5H2,1-3H3,(H2,15,18)(H,16,17). The molecule has 1 aromatic rings. The van der Waals surface area contributed by atoms with Crippen molar-refractivity contribution in [3.63, 3.8) is 0 Å². The molecule has 1 heterocycles. The van der Waals surface area contributed by atoms with Gasteiger partial charge in [-0.25, -0.2) is 4.98 Å². The quantitative estimate of drug-likeness (QED) is 0.252. The molecule has 0 radical (unpaired) electrons. The van der Waals surface area contributed by atoms with E-state index in [4.69, 9.17) is 27.3 Å². The predicted molar refractivity (Wildman–Crippen MR) is 80.7 cm³/mol. The smallest absolute Gasteiger partial charge is 0.308 e.